The third kappa shape index (κ3) is 3.96. The van der Waals surface area contributed by atoms with Crippen molar-refractivity contribution in [3.05, 3.63) is 0 Å². The molecule has 0 aromatic carbocycles. The van der Waals surface area contributed by atoms with Crippen molar-refractivity contribution in [1.82, 2.24) is 5.32 Å². The molecule has 0 amide bonds. The molecule has 0 atom stereocenters. The minimum absolute atomic E-state index is 0.333. The van der Waals surface area contributed by atoms with E-state index in [1.54, 1.807) is 0 Å². The molecule has 1 aliphatic carbocycles. The molecular weight excluding hydrogens is 206 g/mol. The van der Waals surface area contributed by atoms with Crippen LogP contribution < -0.4 is 5.32 Å². The Morgan fingerprint density at radius 3 is 2.27 bits per heavy atom. The first-order valence-corrected chi connectivity index (χ1v) is 7.06. The predicted molar refractivity (Wildman–Crippen MR) is 68.6 cm³/mol. The fourth-order valence-electron chi connectivity index (χ4n) is 2.49. The number of nitrogens with one attached hydrogen (secondary N) is 1. The van der Waals surface area contributed by atoms with Crippen molar-refractivity contribution < 1.29 is 0 Å². The van der Waals surface area contributed by atoms with E-state index < -0.39 is 0 Å². The Morgan fingerprint density at radius 1 is 1.20 bits per heavy atom. The fraction of sp³-hybridized carbons (Fsp3) is 1.00. The van der Waals surface area contributed by atoms with Crippen molar-refractivity contribution in [1.29, 1.82) is 0 Å². The van der Waals surface area contributed by atoms with Gasteiger partial charge in [0.05, 0.1) is 0 Å². The second-order valence-corrected chi connectivity index (χ2v) is 5.39. The summed E-state index contributed by atoms with van der Waals surface area (Å²) in [6, 6.07) is 0. The van der Waals surface area contributed by atoms with Crippen LogP contribution in [0.4, 0.5) is 0 Å². The second-order valence-electron chi connectivity index (χ2n) is 5.12. The van der Waals surface area contributed by atoms with E-state index in [0.29, 0.717) is 5.41 Å². The molecule has 1 nitrogen and oxygen atoms in total. The van der Waals surface area contributed by atoms with Gasteiger partial charge in [0.15, 0.2) is 0 Å². The Balaban J connectivity index is 2.21. The molecule has 0 heterocycles. The van der Waals surface area contributed by atoms with Crippen molar-refractivity contribution in [2.45, 2.75) is 52.4 Å². The summed E-state index contributed by atoms with van der Waals surface area (Å²) in [6.45, 7) is 6.81. The van der Waals surface area contributed by atoms with Gasteiger partial charge in [-0.2, -0.15) is 0 Å². The van der Waals surface area contributed by atoms with Gasteiger partial charge in [-0.25, -0.2) is 0 Å². The third-order valence-corrected chi connectivity index (χ3v) is 4.76. The molecule has 1 N–H and O–H groups in total. The zero-order chi connectivity index (χ0) is 11.1. The van der Waals surface area contributed by atoms with Gasteiger partial charge in [-0.15, -0.1) is 11.6 Å². The van der Waals surface area contributed by atoms with E-state index in [9.17, 15) is 0 Å². The van der Waals surface area contributed by atoms with E-state index in [0.717, 1.165) is 18.3 Å². The molecule has 0 spiro atoms. The molecule has 0 aromatic heterocycles. The van der Waals surface area contributed by atoms with Crippen LogP contribution in [0.3, 0.4) is 0 Å². The maximum Gasteiger partial charge on any atom is 0.0291 e. The summed E-state index contributed by atoms with van der Waals surface area (Å²) < 4.78 is 0. The molecule has 0 aliphatic heterocycles. The molecule has 1 fully saturated rings. The van der Waals surface area contributed by atoms with Gasteiger partial charge in [-0.05, 0) is 43.6 Å². The van der Waals surface area contributed by atoms with Crippen molar-refractivity contribution in [2.75, 3.05) is 19.0 Å². The average Bonchev–Trinajstić information content (AvgIpc) is 2.78. The lowest BCUT2D eigenvalue weighted by molar-refractivity contribution is 0.279. The lowest BCUT2D eigenvalue weighted by Crippen LogP contribution is -2.36. The Bertz CT molecular complexity index is 152. The van der Waals surface area contributed by atoms with Gasteiger partial charge >= 0.3 is 0 Å². The van der Waals surface area contributed by atoms with Gasteiger partial charge in [0, 0.05) is 12.4 Å². The first-order chi connectivity index (χ1) is 7.26. The molecule has 0 bridgehead atoms. The molecule has 1 rings (SSSR count). The average molecular weight is 232 g/mol. The van der Waals surface area contributed by atoms with Crippen LogP contribution >= 0.6 is 11.6 Å². The van der Waals surface area contributed by atoms with Crippen LogP contribution in [0.5, 0.6) is 0 Å². The highest BCUT2D eigenvalue weighted by molar-refractivity contribution is 6.18. The van der Waals surface area contributed by atoms with Crippen LogP contribution in [-0.2, 0) is 0 Å². The molecule has 0 saturated heterocycles. The summed E-state index contributed by atoms with van der Waals surface area (Å²) in [5.41, 5.74) is 0.333. The number of halogens is 1. The highest BCUT2D eigenvalue weighted by atomic mass is 35.5. The molecule has 0 unspecified atom stereocenters. The maximum atomic E-state index is 6.08. The highest BCUT2D eigenvalue weighted by Gasteiger charge is 2.25. The lowest BCUT2D eigenvalue weighted by atomic mass is 9.84. The van der Waals surface area contributed by atoms with Crippen molar-refractivity contribution in [2.24, 2.45) is 11.3 Å². The smallest absolute Gasteiger partial charge is 0.0291 e. The topological polar surface area (TPSA) is 12.0 Å². The van der Waals surface area contributed by atoms with Gasteiger partial charge in [-0.3, -0.25) is 0 Å². The fourth-order valence-corrected chi connectivity index (χ4v) is 2.96. The maximum absolute atomic E-state index is 6.08. The van der Waals surface area contributed by atoms with E-state index in [2.05, 4.69) is 19.2 Å². The summed E-state index contributed by atoms with van der Waals surface area (Å²) in [5.74, 6) is 1.73. The number of alkyl halides is 1. The van der Waals surface area contributed by atoms with Crippen LogP contribution in [0.15, 0.2) is 0 Å². The second kappa shape index (κ2) is 6.75. The van der Waals surface area contributed by atoms with Crippen LogP contribution in [0.25, 0.3) is 0 Å². The minimum atomic E-state index is 0.333. The largest absolute Gasteiger partial charge is 0.316 e. The summed E-state index contributed by atoms with van der Waals surface area (Å²) >= 11 is 6.08. The molecule has 90 valence electrons. The van der Waals surface area contributed by atoms with Gasteiger partial charge in [0.25, 0.3) is 0 Å². The third-order valence-electron chi connectivity index (χ3n) is 4.19. The van der Waals surface area contributed by atoms with Gasteiger partial charge < -0.3 is 5.32 Å². The number of hydrogen-bond acceptors (Lipinski definition) is 1. The van der Waals surface area contributed by atoms with Gasteiger partial charge in [0.2, 0.25) is 0 Å². The molecule has 1 saturated carbocycles. The van der Waals surface area contributed by atoms with E-state index >= 15 is 0 Å². The molecule has 1 aliphatic rings. The molecular formula is C13H26ClN. The van der Waals surface area contributed by atoms with Crippen molar-refractivity contribution >= 4 is 11.6 Å². The van der Waals surface area contributed by atoms with Crippen LogP contribution in [-0.4, -0.2) is 19.0 Å². The zero-order valence-corrected chi connectivity index (χ0v) is 11.1. The van der Waals surface area contributed by atoms with Crippen molar-refractivity contribution in [3.8, 4) is 0 Å². The normalized spacial score (nSPS) is 18.6. The van der Waals surface area contributed by atoms with Gasteiger partial charge in [0.1, 0.15) is 0 Å². The Labute approximate surface area is 100.0 Å². The van der Waals surface area contributed by atoms with E-state index in [1.807, 2.05) is 0 Å². The SMILES string of the molecule is CCC(CC)(CCl)CNCC1CCCC1. The summed E-state index contributed by atoms with van der Waals surface area (Å²) in [7, 11) is 0. The Morgan fingerprint density at radius 2 is 1.80 bits per heavy atom. The number of hydrogen-bond donors (Lipinski definition) is 1. The molecule has 2 heteroatoms. The van der Waals surface area contributed by atoms with E-state index in [1.165, 1.54) is 45.1 Å². The molecule has 0 radical (unpaired) electrons. The molecule has 0 aromatic rings. The van der Waals surface area contributed by atoms with Gasteiger partial charge in [-0.1, -0.05) is 26.7 Å². The molecule has 15 heavy (non-hydrogen) atoms. The van der Waals surface area contributed by atoms with Crippen LogP contribution in [0.1, 0.15) is 52.4 Å². The first-order valence-electron chi connectivity index (χ1n) is 6.53. The monoisotopic (exact) mass is 231 g/mol. The quantitative estimate of drug-likeness (QED) is 0.657. The summed E-state index contributed by atoms with van der Waals surface area (Å²) in [5, 5.41) is 3.64. The predicted octanol–water partition coefficient (Wildman–Crippen LogP) is 3.81. The lowest BCUT2D eigenvalue weighted by Gasteiger charge is -2.30. The Hall–Kier alpha value is 0.250. The zero-order valence-electron chi connectivity index (χ0n) is 10.3. The summed E-state index contributed by atoms with van der Waals surface area (Å²) in [4.78, 5) is 0. The Kier molecular flexibility index (Phi) is 5.99. The standard InChI is InChI=1S/C13H26ClN/c1-3-13(4-2,10-14)11-15-9-12-7-5-6-8-12/h12,15H,3-11H2,1-2H3. The minimum Gasteiger partial charge on any atom is -0.316 e. The first kappa shape index (κ1) is 13.3. The summed E-state index contributed by atoms with van der Waals surface area (Å²) in [6.07, 6.45) is 8.11. The highest BCUT2D eigenvalue weighted by Crippen LogP contribution is 2.28. The number of rotatable bonds is 7. The van der Waals surface area contributed by atoms with E-state index in [-0.39, 0.29) is 0 Å². The van der Waals surface area contributed by atoms with E-state index in [4.69, 9.17) is 11.6 Å². The van der Waals surface area contributed by atoms with Crippen LogP contribution in [0.2, 0.25) is 0 Å². The van der Waals surface area contributed by atoms with Crippen LogP contribution in [0, 0.1) is 11.3 Å². The van der Waals surface area contributed by atoms with Crippen molar-refractivity contribution in [3.63, 3.8) is 0 Å².